The van der Waals surface area contributed by atoms with Gasteiger partial charge in [0.25, 0.3) is 5.91 Å². The van der Waals surface area contributed by atoms with Crippen LogP contribution in [0, 0.1) is 5.82 Å². The maximum Gasteiger partial charge on any atom is 0.416 e. The van der Waals surface area contributed by atoms with Crippen LogP contribution in [0.4, 0.5) is 17.6 Å². The van der Waals surface area contributed by atoms with Gasteiger partial charge in [0, 0.05) is 6.54 Å². The number of halogens is 4. The highest BCUT2D eigenvalue weighted by Gasteiger charge is 2.32. The highest BCUT2D eigenvalue weighted by Crippen LogP contribution is 2.31. The smallest absolute Gasteiger partial charge is 0.416 e. The van der Waals surface area contributed by atoms with Gasteiger partial charge in [0.2, 0.25) is 0 Å². The number of carbonyl (C=O) groups excluding carboxylic acids is 1. The Hall–Kier alpha value is -2.57. The maximum atomic E-state index is 12.8. The van der Waals surface area contributed by atoms with E-state index in [0.29, 0.717) is 0 Å². The van der Waals surface area contributed by atoms with Crippen LogP contribution in [-0.4, -0.2) is 12.5 Å². The van der Waals surface area contributed by atoms with E-state index in [9.17, 15) is 22.4 Å². The number of hydrogen-bond donors (Lipinski definition) is 1. The van der Waals surface area contributed by atoms with Crippen LogP contribution in [0.25, 0.3) is 0 Å². The first-order valence-corrected chi connectivity index (χ1v) is 6.66. The minimum atomic E-state index is -4.48. The molecular formula is C16H13F4NO2. The average molecular weight is 327 g/mol. The number of alkyl halides is 3. The van der Waals surface area contributed by atoms with E-state index in [2.05, 4.69) is 5.32 Å². The highest BCUT2D eigenvalue weighted by atomic mass is 19.4. The van der Waals surface area contributed by atoms with E-state index in [4.69, 9.17) is 4.74 Å². The first-order chi connectivity index (χ1) is 10.9. The van der Waals surface area contributed by atoms with Crippen LogP contribution in [0.15, 0.2) is 48.5 Å². The predicted molar refractivity (Wildman–Crippen MR) is 75.2 cm³/mol. The summed E-state index contributed by atoms with van der Waals surface area (Å²) in [6.07, 6.45) is -4.48. The third kappa shape index (κ3) is 4.98. The summed E-state index contributed by atoms with van der Waals surface area (Å²) in [5, 5.41) is 2.36. The number of hydrogen-bond acceptors (Lipinski definition) is 2. The van der Waals surface area contributed by atoms with Crippen molar-refractivity contribution in [1.82, 2.24) is 5.32 Å². The highest BCUT2D eigenvalue weighted by molar-refractivity contribution is 5.77. The molecule has 2 aromatic rings. The first kappa shape index (κ1) is 16.8. The van der Waals surface area contributed by atoms with Crippen LogP contribution in [0.3, 0.4) is 0 Å². The molecule has 0 aliphatic heterocycles. The molecule has 0 saturated heterocycles. The van der Waals surface area contributed by atoms with Crippen molar-refractivity contribution in [3.05, 3.63) is 65.5 Å². The Morgan fingerprint density at radius 2 is 1.70 bits per heavy atom. The molecule has 0 saturated carbocycles. The second kappa shape index (κ2) is 7.13. The van der Waals surface area contributed by atoms with Crippen molar-refractivity contribution in [3.63, 3.8) is 0 Å². The molecule has 0 radical (unpaired) electrons. The van der Waals surface area contributed by atoms with Crippen LogP contribution in [0.5, 0.6) is 5.75 Å². The van der Waals surface area contributed by atoms with Crippen LogP contribution in [-0.2, 0) is 17.5 Å². The maximum absolute atomic E-state index is 12.8. The van der Waals surface area contributed by atoms with Crippen molar-refractivity contribution in [2.75, 3.05) is 6.61 Å². The molecule has 0 bridgehead atoms. The quantitative estimate of drug-likeness (QED) is 0.853. The Balaban J connectivity index is 1.89. The first-order valence-electron chi connectivity index (χ1n) is 6.66. The predicted octanol–water partition coefficient (Wildman–Crippen LogP) is 3.54. The second-order valence-electron chi connectivity index (χ2n) is 4.67. The molecule has 0 aromatic heterocycles. The van der Waals surface area contributed by atoms with E-state index in [1.807, 2.05) is 0 Å². The minimum Gasteiger partial charge on any atom is -0.484 e. The molecule has 3 nitrogen and oxygen atoms in total. The van der Waals surface area contributed by atoms with Gasteiger partial charge in [-0.2, -0.15) is 13.2 Å². The number of carbonyl (C=O) groups is 1. The van der Waals surface area contributed by atoms with Crippen molar-refractivity contribution < 1.29 is 27.1 Å². The van der Waals surface area contributed by atoms with Gasteiger partial charge in [0.15, 0.2) is 6.61 Å². The molecule has 0 aliphatic carbocycles. The summed E-state index contributed by atoms with van der Waals surface area (Å²) in [4.78, 5) is 11.6. The molecule has 2 rings (SSSR count). The normalized spacial score (nSPS) is 11.1. The van der Waals surface area contributed by atoms with E-state index >= 15 is 0 Å². The molecule has 0 fully saturated rings. The van der Waals surface area contributed by atoms with Gasteiger partial charge in [-0.05, 0) is 35.9 Å². The number of benzene rings is 2. The largest absolute Gasteiger partial charge is 0.484 e. The van der Waals surface area contributed by atoms with E-state index in [1.165, 1.54) is 42.5 Å². The Morgan fingerprint density at radius 3 is 2.35 bits per heavy atom. The second-order valence-corrected chi connectivity index (χ2v) is 4.67. The van der Waals surface area contributed by atoms with Crippen molar-refractivity contribution in [1.29, 1.82) is 0 Å². The molecule has 1 N–H and O–H groups in total. The Labute approximate surface area is 129 Å². The van der Waals surface area contributed by atoms with Gasteiger partial charge in [-0.25, -0.2) is 4.39 Å². The summed E-state index contributed by atoms with van der Waals surface area (Å²) in [7, 11) is 0. The third-order valence-corrected chi connectivity index (χ3v) is 2.98. The Bertz CT molecular complexity index is 669. The zero-order valence-electron chi connectivity index (χ0n) is 11.9. The number of rotatable bonds is 5. The molecule has 122 valence electrons. The summed E-state index contributed by atoms with van der Waals surface area (Å²) in [6.45, 7) is -0.638. The zero-order valence-corrected chi connectivity index (χ0v) is 11.9. The number of nitrogens with one attached hydrogen (secondary N) is 1. The molecule has 0 spiro atoms. The minimum absolute atomic E-state index is 0.0323. The molecule has 2 aromatic carbocycles. The summed E-state index contributed by atoms with van der Waals surface area (Å²) in [5.41, 5.74) is -0.824. The lowest BCUT2D eigenvalue weighted by Gasteiger charge is -2.13. The van der Waals surface area contributed by atoms with Crippen LogP contribution >= 0.6 is 0 Å². The lowest BCUT2D eigenvalue weighted by Crippen LogP contribution is -2.29. The van der Waals surface area contributed by atoms with Crippen LogP contribution < -0.4 is 10.1 Å². The molecule has 0 heterocycles. The average Bonchev–Trinajstić information content (AvgIpc) is 2.52. The molecule has 7 heteroatoms. The van der Waals surface area contributed by atoms with Crippen molar-refractivity contribution in [3.8, 4) is 5.75 Å². The summed E-state index contributed by atoms with van der Waals surface area (Å²) in [5.74, 6) is -0.728. The van der Waals surface area contributed by atoms with Crippen molar-refractivity contribution in [2.45, 2.75) is 12.7 Å². The Kier molecular flexibility index (Phi) is 5.20. The van der Waals surface area contributed by atoms with Crippen LogP contribution in [0.2, 0.25) is 0 Å². The van der Waals surface area contributed by atoms with Gasteiger partial charge in [0.1, 0.15) is 11.6 Å². The van der Waals surface area contributed by atoms with Gasteiger partial charge < -0.3 is 10.1 Å². The van der Waals surface area contributed by atoms with Crippen molar-refractivity contribution >= 4 is 5.91 Å². The SMILES string of the molecule is O=C(COc1ccc(F)cc1)NCc1ccccc1C(F)(F)F. The van der Waals surface area contributed by atoms with E-state index in [-0.39, 0.29) is 24.5 Å². The van der Waals surface area contributed by atoms with Gasteiger partial charge in [0.05, 0.1) is 5.56 Å². The topological polar surface area (TPSA) is 38.3 Å². The molecule has 0 unspecified atom stereocenters. The van der Waals surface area contributed by atoms with E-state index in [1.54, 1.807) is 0 Å². The lowest BCUT2D eigenvalue weighted by molar-refractivity contribution is -0.138. The number of amides is 1. The van der Waals surface area contributed by atoms with Gasteiger partial charge in [-0.1, -0.05) is 18.2 Å². The molecule has 23 heavy (non-hydrogen) atoms. The van der Waals surface area contributed by atoms with Gasteiger partial charge >= 0.3 is 6.18 Å². The van der Waals surface area contributed by atoms with Gasteiger partial charge in [-0.3, -0.25) is 4.79 Å². The lowest BCUT2D eigenvalue weighted by atomic mass is 10.1. The fourth-order valence-corrected chi connectivity index (χ4v) is 1.88. The molecule has 1 amide bonds. The van der Waals surface area contributed by atoms with Crippen LogP contribution in [0.1, 0.15) is 11.1 Å². The summed E-state index contributed by atoms with van der Waals surface area (Å²) < 4.78 is 56.2. The molecule has 0 aliphatic rings. The van der Waals surface area contributed by atoms with E-state index < -0.39 is 23.5 Å². The third-order valence-electron chi connectivity index (χ3n) is 2.98. The van der Waals surface area contributed by atoms with Crippen molar-refractivity contribution in [2.24, 2.45) is 0 Å². The molecular weight excluding hydrogens is 314 g/mol. The van der Waals surface area contributed by atoms with Gasteiger partial charge in [-0.15, -0.1) is 0 Å². The fourth-order valence-electron chi connectivity index (χ4n) is 1.88. The van der Waals surface area contributed by atoms with E-state index in [0.717, 1.165) is 6.07 Å². The summed E-state index contributed by atoms with van der Waals surface area (Å²) >= 11 is 0. The Morgan fingerprint density at radius 1 is 1.04 bits per heavy atom. The molecule has 0 atom stereocenters. The fraction of sp³-hybridized carbons (Fsp3) is 0.188. The summed E-state index contributed by atoms with van der Waals surface area (Å²) in [6, 6.07) is 10.0. The monoisotopic (exact) mass is 327 g/mol. The zero-order chi connectivity index (χ0) is 16.9. The number of ether oxygens (including phenoxy) is 1. The standard InChI is InChI=1S/C16H13F4NO2/c17-12-5-7-13(8-6-12)23-10-15(22)21-9-11-3-1-2-4-14(11)16(18,19)20/h1-8H,9-10H2,(H,21,22).